The Morgan fingerprint density at radius 2 is 2.10 bits per heavy atom. The molecule has 108 valence electrons. The smallest absolute Gasteiger partial charge is 0.186 e. The maximum Gasteiger partial charge on any atom is 0.186 e. The monoisotopic (exact) mass is 291 g/mol. The molecule has 0 spiro atoms. The van der Waals surface area contributed by atoms with Gasteiger partial charge in [-0.15, -0.1) is 0 Å². The van der Waals surface area contributed by atoms with Crippen LogP contribution in [0.5, 0.6) is 0 Å². The molecule has 0 bridgehead atoms. The van der Waals surface area contributed by atoms with Crippen LogP contribution in [0.3, 0.4) is 0 Å². The minimum Gasteiger partial charge on any atom is -0.399 e. The van der Waals surface area contributed by atoms with Crippen molar-refractivity contribution >= 4 is 32.4 Å². The van der Waals surface area contributed by atoms with Crippen LogP contribution in [-0.4, -0.2) is 29.3 Å². The highest BCUT2D eigenvalue weighted by molar-refractivity contribution is 7.22. The number of anilines is 2. The summed E-state index contributed by atoms with van der Waals surface area (Å²) in [5.41, 5.74) is 7.61. The third kappa shape index (κ3) is 2.74. The van der Waals surface area contributed by atoms with Crippen molar-refractivity contribution in [1.82, 2.24) is 4.98 Å². The van der Waals surface area contributed by atoms with Gasteiger partial charge in [-0.05, 0) is 31.0 Å². The Kier molecular flexibility index (Phi) is 4.08. The summed E-state index contributed by atoms with van der Waals surface area (Å²) in [5.74, 6) is 0. The Balaban J connectivity index is 1.91. The predicted octanol–water partition coefficient (Wildman–Crippen LogP) is 3.01. The number of fused-ring (bicyclic) bond motifs is 1. The number of aliphatic hydroxyl groups is 1. The van der Waals surface area contributed by atoms with Crippen LogP contribution in [0.4, 0.5) is 10.8 Å². The number of aliphatic hydroxyl groups excluding tert-OH is 1. The van der Waals surface area contributed by atoms with Gasteiger partial charge in [0.15, 0.2) is 5.13 Å². The summed E-state index contributed by atoms with van der Waals surface area (Å²) < 4.78 is 1.12. The lowest BCUT2D eigenvalue weighted by atomic mass is 9.94. The second-order valence-electron chi connectivity index (χ2n) is 5.43. The van der Waals surface area contributed by atoms with Gasteiger partial charge >= 0.3 is 0 Å². The Hall–Kier alpha value is -1.33. The van der Waals surface area contributed by atoms with E-state index in [0.29, 0.717) is 12.6 Å². The van der Waals surface area contributed by atoms with Crippen LogP contribution >= 0.6 is 11.3 Å². The highest BCUT2D eigenvalue weighted by atomic mass is 32.1. The third-order valence-electron chi connectivity index (χ3n) is 4.00. The Labute approximate surface area is 123 Å². The lowest BCUT2D eigenvalue weighted by Gasteiger charge is -2.33. The zero-order valence-electron chi connectivity index (χ0n) is 11.6. The predicted molar refractivity (Wildman–Crippen MR) is 85.3 cm³/mol. The molecule has 0 saturated heterocycles. The maximum atomic E-state index is 9.36. The second kappa shape index (κ2) is 5.97. The summed E-state index contributed by atoms with van der Waals surface area (Å²) in [6.07, 6.45) is 6.31. The summed E-state index contributed by atoms with van der Waals surface area (Å²) in [4.78, 5) is 7.02. The van der Waals surface area contributed by atoms with Gasteiger partial charge in [-0.2, -0.15) is 0 Å². The molecule has 0 aliphatic heterocycles. The maximum absolute atomic E-state index is 9.36. The molecule has 1 aliphatic carbocycles. The largest absolute Gasteiger partial charge is 0.399 e. The van der Waals surface area contributed by atoms with Crippen LogP contribution in [0.15, 0.2) is 18.2 Å². The lowest BCUT2D eigenvalue weighted by Crippen LogP contribution is -2.38. The summed E-state index contributed by atoms with van der Waals surface area (Å²) in [7, 11) is 0. The van der Waals surface area contributed by atoms with Gasteiger partial charge in [0, 0.05) is 18.3 Å². The van der Waals surface area contributed by atoms with Gasteiger partial charge in [0.2, 0.25) is 0 Å². The van der Waals surface area contributed by atoms with Crippen LogP contribution in [-0.2, 0) is 0 Å². The van der Waals surface area contributed by atoms with Gasteiger partial charge in [-0.3, -0.25) is 0 Å². The van der Waals surface area contributed by atoms with E-state index in [-0.39, 0.29) is 6.61 Å². The van der Waals surface area contributed by atoms with Crippen LogP contribution in [0.2, 0.25) is 0 Å². The minimum absolute atomic E-state index is 0.175. The van der Waals surface area contributed by atoms with Crippen molar-refractivity contribution in [2.75, 3.05) is 23.8 Å². The van der Waals surface area contributed by atoms with E-state index >= 15 is 0 Å². The van der Waals surface area contributed by atoms with Crippen LogP contribution in [0.25, 0.3) is 10.2 Å². The molecule has 0 atom stereocenters. The summed E-state index contributed by atoms with van der Waals surface area (Å²) in [6.45, 7) is 0.842. The minimum atomic E-state index is 0.175. The molecule has 1 fully saturated rings. The number of thiazole rings is 1. The number of nitrogens with two attached hydrogens (primary N) is 1. The first-order valence-corrected chi connectivity index (χ1v) is 8.13. The highest BCUT2D eigenvalue weighted by Gasteiger charge is 2.23. The van der Waals surface area contributed by atoms with Crippen molar-refractivity contribution < 1.29 is 5.11 Å². The first-order chi connectivity index (χ1) is 9.78. The Morgan fingerprint density at radius 1 is 1.30 bits per heavy atom. The molecule has 1 heterocycles. The zero-order valence-corrected chi connectivity index (χ0v) is 12.4. The number of aromatic nitrogens is 1. The van der Waals surface area contributed by atoms with Gasteiger partial charge in [0.05, 0.1) is 16.8 Å². The number of nitrogens with zero attached hydrogens (tertiary/aromatic N) is 2. The first-order valence-electron chi connectivity index (χ1n) is 7.31. The fourth-order valence-electron chi connectivity index (χ4n) is 2.99. The lowest BCUT2D eigenvalue weighted by molar-refractivity contribution is 0.290. The molecule has 20 heavy (non-hydrogen) atoms. The van der Waals surface area contributed by atoms with Crippen molar-refractivity contribution in [3.63, 3.8) is 0 Å². The molecule has 1 aromatic heterocycles. The van der Waals surface area contributed by atoms with Crippen molar-refractivity contribution in [1.29, 1.82) is 0 Å². The van der Waals surface area contributed by atoms with E-state index < -0.39 is 0 Å². The van der Waals surface area contributed by atoms with Gasteiger partial charge in [0.1, 0.15) is 0 Å². The topological polar surface area (TPSA) is 62.4 Å². The van der Waals surface area contributed by atoms with E-state index in [1.165, 1.54) is 32.1 Å². The molecule has 0 unspecified atom stereocenters. The Morgan fingerprint density at radius 3 is 2.85 bits per heavy atom. The molecule has 3 rings (SSSR count). The molecular formula is C15H21N3OS. The summed E-state index contributed by atoms with van der Waals surface area (Å²) in [6, 6.07) is 6.37. The average Bonchev–Trinajstić information content (AvgIpc) is 2.88. The second-order valence-corrected chi connectivity index (χ2v) is 6.44. The van der Waals surface area contributed by atoms with Crippen molar-refractivity contribution in [2.45, 2.75) is 38.1 Å². The molecular weight excluding hydrogens is 270 g/mol. The van der Waals surface area contributed by atoms with Crippen LogP contribution < -0.4 is 10.6 Å². The molecule has 3 N–H and O–H groups in total. The number of benzene rings is 1. The van der Waals surface area contributed by atoms with Crippen molar-refractivity contribution in [3.05, 3.63) is 18.2 Å². The fraction of sp³-hybridized carbons (Fsp3) is 0.533. The number of rotatable bonds is 4. The number of nitrogen functional groups attached to an aromatic ring is 1. The molecule has 0 amide bonds. The Bertz CT molecular complexity index is 578. The van der Waals surface area contributed by atoms with E-state index in [1.54, 1.807) is 11.3 Å². The average molecular weight is 291 g/mol. The summed E-state index contributed by atoms with van der Waals surface area (Å²) >= 11 is 1.68. The van der Waals surface area contributed by atoms with E-state index in [4.69, 9.17) is 10.7 Å². The van der Waals surface area contributed by atoms with Gasteiger partial charge in [0.25, 0.3) is 0 Å². The van der Waals surface area contributed by atoms with Gasteiger partial charge < -0.3 is 15.7 Å². The molecule has 2 aromatic rings. The SMILES string of the molecule is Nc1ccc2nc(N(CCO)C3CCCCC3)sc2c1. The van der Waals surface area contributed by atoms with E-state index in [9.17, 15) is 5.11 Å². The van der Waals surface area contributed by atoms with Crippen LogP contribution in [0.1, 0.15) is 32.1 Å². The number of hydrogen-bond acceptors (Lipinski definition) is 5. The van der Waals surface area contributed by atoms with Crippen molar-refractivity contribution in [3.8, 4) is 0 Å². The molecule has 0 radical (unpaired) electrons. The molecule has 5 heteroatoms. The zero-order chi connectivity index (χ0) is 13.9. The molecule has 4 nitrogen and oxygen atoms in total. The first kappa shape index (κ1) is 13.6. The molecule has 1 aliphatic rings. The van der Waals surface area contributed by atoms with E-state index in [1.807, 2.05) is 18.2 Å². The molecule has 1 aromatic carbocycles. The van der Waals surface area contributed by atoms with E-state index in [0.717, 1.165) is 21.0 Å². The number of hydrogen-bond donors (Lipinski definition) is 2. The quantitative estimate of drug-likeness (QED) is 0.850. The van der Waals surface area contributed by atoms with E-state index in [2.05, 4.69) is 4.90 Å². The van der Waals surface area contributed by atoms with Crippen molar-refractivity contribution in [2.24, 2.45) is 0 Å². The van der Waals surface area contributed by atoms with Gasteiger partial charge in [-0.1, -0.05) is 30.6 Å². The third-order valence-corrected chi connectivity index (χ3v) is 5.06. The molecule has 1 saturated carbocycles. The summed E-state index contributed by atoms with van der Waals surface area (Å²) in [5, 5.41) is 10.4. The standard InChI is InChI=1S/C15H21N3OS/c16-11-6-7-13-14(10-11)20-15(17-13)18(8-9-19)12-4-2-1-3-5-12/h6-7,10,12,19H,1-5,8-9,16H2. The van der Waals surface area contributed by atoms with Gasteiger partial charge in [-0.25, -0.2) is 4.98 Å². The normalized spacial score (nSPS) is 16.6. The fourth-order valence-corrected chi connectivity index (χ4v) is 4.10. The highest BCUT2D eigenvalue weighted by Crippen LogP contribution is 2.34. The van der Waals surface area contributed by atoms with Crippen LogP contribution in [0, 0.1) is 0 Å².